The maximum absolute atomic E-state index is 5.80. The van der Waals surface area contributed by atoms with Crippen LogP contribution in [0.2, 0.25) is 0 Å². The third-order valence-corrected chi connectivity index (χ3v) is 3.96. The molecule has 0 aromatic carbocycles. The van der Waals surface area contributed by atoms with Crippen LogP contribution in [0.3, 0.4) is 0 Å². The van der Waals surface area contributed by atoms with E-state index >= 15 is 0 Å². The van der Waals surface area contributed by atoms with Crippen molar-refractivity contribution in [1.29, 1.82) is 0 Å². The first-order valence-electron chi connectivity index (χ1n) is 6.81. The molecule has 0 bridgehead atoms. The predicted molar refractivity (Wildman–Crippen MR) is 68.3 cm³/mol. The lowest BCUT2D eigenvalue weighted by molar-refractivity contribution is -0.0437. The van der Waals surface area contributed by atoms with E-state index in [-0.39, 0.29) is 0 Å². The van der Waals surface area contributed by atoms with E-state index in [4.69, 9.17) is 9.47 Å². The number of hydrogen-bond acceptors (Lipinski definition) is 4. The maximum atomic E-state index is 5.80. The van der Waals surface area contributed by atoms with E-state index in [0.29, 0.717) is 24.3 Å². The van der Waals surface area contributed by atoms with Gasteiger partial charge in [0.2, 0.25) is 0 Å². The number of hydrogen-bond donors (Lipinski definition) is 1. The molecule has 1 atom stereocenters. The molecule has 17 heavy (non-hydrogen) atoms. The molecule has 2 rings (SSSR count). The molecule has 1 heterocycles. The van der Waals surface area contributed by atoms with Gasteiger partial charge in [-0.05, 0) is 26.7 Å². The molecule has 1 saturated heterocycles. The molecule has 4 heteroatoms. The third kappa shape index (κ3) is 3.65. The molecule has 1 aliphatic carbocycles. The lowest BCUT2D eigenvalue weighted by atomic mass is 9.89. The van der Waals surface area contributed by atoms with Crippen molar-refractivity contribution in [3.05, 3.63) is 0 Å². The first-order valence-corrected chi connectivity index (χ1v) is 6.81. The lowest BCUT2D eigenvalue weighted by Crippen LogP contribution is -2.52. The zero-order valence-corrected chi connectivity index (χ0v) is 11.3. The second-order valence-electron chi connectivity index (χ2n) is 5.52. The second-order valence-corrected chi connectivity index (χ2v) is 5.52. The minimum absolute atomic E-state index is 0.354. The SMILES string of the molecule is COC1CC(NCC2CN(C(C)C)CCO2)C1. The summed E-state index contributed by atoms with van der Waals surface area (Å²) in [7, 11) is 1.80. The summed E-state index contributed by atoms with van der Waals surface area (Å²) in [6, 6.07) is 1.26. The van der Waals surface area contributed by atoms with Crippen molar-refractivity contribution in [3.8, 4) is 0 Å². The van der Waals surface area contributed by atoms with E-state index in [2.05, 4.69) is 24.1 Å². The van der Waals surface area contributed by atoms with Crippen LogP contribution >= 0.6 is 0 Å². The molecule has 0 spiro atoms. The van der Waals surface area contributed by atoms with E-state index in [9.17, 15) is 0 Å². The van der Waals surface area contributed by atoms with Crippen molar-refractivity contribution in [2.75, 3.05) is 33.4 Å². The summed E-state index contributed by atoms with van der Waals surface area (Å²) in [5, 5.41) is 3.58. The molecule has 0 radical (unpaired) electrons. The number of methoxy groups -OCH3 is 1. The summed E-state index contributed by atoms with van der Waals surface area (Å²) in [6.07, 6.45) is 3.13. The Kier molecular flexibility index (Phi) is 4.79. The van der Waals surface area contributed by atoms with E-state index in [1.807, 2.05) is 0 Å². The highest BCUT2D eigenvalue weighted by atomic mass is 16.5. The molecule has 1 saturated carbocycles. The van der Waals surface area contributed by atoms with Gasteiger partial charge < -0.3 is 14.8 Å². The molecule has 0 aromatic heterocycles. The van der Waals surface area contributed by atoms with Crippen LogP contribution in [0.4, 0.5) is 0 Å². The lowest BCUT2D eigenvalue weighted by Gasteiger charge is -2.39. The van der Waals surface area contributed by atoms with Crippen LogP contribution in [0.5, 0.6) is 0 Å². The Morgan fingerprint density at radius 3 is 2.82 bits per heavy atom. The summed E-state index contributed by atoms with van der Waals surface area (Å²) < 4.78 is 11.1. The Bertz CT molecular complexity index is 229. The summed E-state index contributed by atoms with van der Waals surface area (Å²) in [5.74, 6) is 0. The minimum Gasteiger partial charge on any atom is -0.381 e. The zero-order valence-electron chi connectivity index (χ0n) is 11.3. The average Bonchev–Trinajstić information content (AvgIpc) is 2.27. The fourth-order valence-electron chi connectivity index (χ4n) is 2.56. The van der Waals surface area contributed by atoms with Gasteiger partial charge in [-0.15, -0.1) is 0 Å². The first-order chi connectivity index (χ1) is 8.19. The van der Waals surface area contributed by atoms with Crippen LogP contribution in [0.15, 0.2) is 0 Å². The standard InChI is InChI=1S/C13H26N2O2/c1-10(2)15-4-5-17-13(9-15)8-14-11-6-12(7-11)16-3/h10-14H,4-9H2,1-3H3. The third-order valence-electron chi connectivity index (χ3n) is 3.96. The highest BCUT2D eigenvalue weighted by Crippen LogP contribution is 2.22. The molecule has 100 valence electrons. The van der Waals surface area contributed by atoms with Crippen molar-refractivity contribution >= 4 is 0 Å². The molecular formula is C13H26N2O2. The quantitative estimate of drug-likeness (QED) is 0.775. The van der Waals surface area contributed by atoms with Crippen molar-refractivity contribution < 1.29 is 9.47 Å². The Morgan fingerprint density at radius 2 is 2.18 bits per heavy atom. The average molecular weight is 242 g/mol. The number of ether oxygens (including phenoxy) is 2. The Hall–Kier alpha value is -0.160. The monoisotopic (exact) mass is 242 g/mol. The smallest absolute Gasteiger partial charge is 0.0826 e. The van der Waals surface area contributed by atoms with E-state index in [0.717, 1.165) is 39.1 Å². The fourth-order valence-corrected chi connectivity index (χ4v) is 2.56. The van der Waals surface area contributed by atoms with Crippen LogP contribution in [0.25, 0.3) is 0 Å². The predicted octanol–water partition coefficient (Wildman–Crippen LogP) is 0.863. The van der Waals surface area contributed by atoms with Crippen LogP contribution in [-0.4, -0.2) is 62.5 Å². The van der Waals surface area contributed by atoms with Gasteiger partial charge in [-0.1, -0.05) is 0 Å². The Morgan fingerprint density at radius 1 is 1.41 bits per heavy atom. The highest BCUT2D eigenvalue weighted by molar-refractivity contribution is 4.87. The number of nitrogens with zero attached hydrogens (tertiary/aromatic N) is 1. The minimum atomic E-state index is 0.354. The van der Waals surface area contributed by atoms with Crippen LogP contribution in [-0.2, 0) is 9.47 Å². The van der Waals surface area contributed by atoms with Gasteiger partial charge in [0.25, 0.3) is 0 Å². The van der Waals surface area contributed by atoms with E-state index in [1.165, 1.54) is 0 Å². The van der Waals surface area contributed by atoms with E-state index < -0.39 is 0 Å². The summed E-state index contributed by atoms with van der Waals surface area (Å²) in [4.78, 5) is 2.49. The molecule has 1 aliphatic heterocycles. The molecule has 1 unspecified atom stereocenters. The Balaban J connectivity index is 1.62. The van der Waals surface area contributed by atoms with Crippen molar-refractivity contribution in [2.45, 2.75) is 51.0 Å². The van der Waals surface area contributed by atoms with Gasteiger partial charge in [0.15, 0.2) is 0 Å². The number of morpholine rings is 1. The molecule has 0 aromatic rings. The van der Waals surface area contributed by atoms with Gasteiger partial charge in [-0.25, -0.2) is 0 Å². The normalized spacial score (nSPS) is 34.9. The largest absolute Gasteiger partial charge is 0.381 e. The van der Waals surface area contributed by atoms with Crippen LogP contribution in [0.1, 0.15) is 26.7 Å². The maximum Gasteiger partial charge on any atom is 0.0826 e. The number of rotatable bonds is 5. The molecule has 2 aliphatic rings. The van der Waals surface area contributed by atoms with Crippen molar-refractivity contribution in [2.24, 2.45) is 0 Å². The molecule has 0 amide bonds. The van der Waals surface area contributed by atoms with Gasteiger partial charge in [-0.3, -0.25) is 4.90 Å². The summed E-state index contributed by atoms with van der Waals surface area (Å²) in [6.45, 7) is 8.49. The van der Waals surface area contributed by atoms with E-state index in [1.54, 1.807) is 7.11 Å². The van der Waals surface area contributed by atoms with Gasteiger partial charge in [-0.2, -0.15) is 0 Å². The number of nitrogens with one attached hydrogen (secondary N) is 1. The van der Waals surface area contributed by atoms with Crippen molar-refractivity contribution in [1.82, 2.24) is 10.2 Å². The first kappa shape index (κ1) is 13.3. The summed E-state index contributed by atoms with van der Waals surface area (Å²) in [5.41, 5.74) is 0. The van der Waals surface area contributed by atoms with Gasteiger partial charge in [0, 0.05) is 38.8 Å². The second kappa shape index (κ2) is 6.14. The topological polar surface area (TPSA) is 33.7 Å². The van der Waals surface area contributed by atoms with Gasteiger partial charge >= 0.3 is 0 Å². The zero-order chi connectivity index (χ0) is 12.3. The van der Waals surface area contributed by atoms with Crippen LogP contribution in [0, 0.1) is 0 Å². The highest BCUT2D eigenvalue weighted by Gasteiger charge is 2.30. The van der Waals surface area contributed by atoms with Gasteiger partial charge in [0.1, 0.15) is 0 Å². The molecule has 1 N–H and O–H groups in total. The molecular weight excluding hydrogens is 216 g/mol. The van der Waals surface area contributed by atoms with Crippen LogP contribution < -0.4 is 5.32 Å². The van der Waals surface area contributed by atoms with Gasteiger partial charge in [0.05, 0.1) is 18.8 Å². The fraction of sp³-hybridized carbons (Fsp3) is 1.00. The van der Waals surface area contributed by atoms with Crippen molar-refractivity contribution in [3.63, 3.8) is 0 Å². The Labute approximate surface area is 105 Å². The summed E-state index contributed by atoms with van der Waals surface area (Å²) >= 11 is 0. The molecule has 2 fully saturated rings. The molecule has 4 nitrogen and oxygen atoms in total.